The Balaban J connectivity index is 3.38. The van der Waals surface area contributed by atoms with Crippen LogP contribution in [0.4, 0.5) is 0 Å². The lowest BCUT2D eigenvalue weighted by Gasteiger charge is -2.06. The van der Waals surface area contributed by atoms with Crippen molar-refractivity contribution in [2.24, 2.45) is 0 Å². The van der Waals surface area contributed by atoms with Gasteiger partial charge in [0.15, 0.2) is 0 Å². The van der Waals surface area contributed by atoms with E-state index in [9.17, 15) is 4.57 Å². The van der Waals surface area contributed by atoms with Crippen LogP contribution in [-0.4, -0.2) is 9.79 Å². The van der Waals surface area contributed by atoms with E-state index in [4.69, 9.17) is 44.6 Å². The van der Waals surface area contributed by atoms with Crippen LogP contribution in [0.3, 0.4) is 0 Å². The summed E-state index contributed by atoms with van der Waals surface area (Å²) >= 11 is 16.7. The summed E-state index contributed by atoms with van der Waals surface area (Å²) in [4.78, 5) is 17.6. The van der Waals surface area contributed by atoms with Gasteiger partial charge in [-0.3, -0.25) is 4.57 Å². The van der Waals surface area contributed by atoms with E-state index >= 15 is 0 Å². The van der Waals surface area contributed by atoms with Crippen molar-refractivity contribution >= 4 is 47.7 Å². The van der Waals surface area contributed by atoms with Crippen LogP contribution in [0, 0.1) is 0 Å². The summed E-state index contributed by atoms with van der Waals surface area (Å²) in [5.41, 5.74) is 0. The van der Waals surface area contributed by atoms with Crippen molar-refractivity contribution in [2.75, 3.05) is 0 Å². The molecular weight excluding hydrogens is 257 g/mol. The van der Waals surface area contributed by atoms with Gasteiger partial charge in [-0.15, -0.1) is 0 Å². The summed E-state index contributed by atoms with van der Waals surface area (Å²) in [5.74, 6) is 0. The molecule has 0 spiro atoms. The summed E-state index contributed by atoms with van der Waals surface area (Å²) in [6.07, 6.45) is 0. The Labute approximate surface area is 89.4 Å². The zero-order chi connectivity index (χ0) is 10.2. The lowest BCUT2D eigenvalue weighted by atomic mass is 10.4. The fourth-order valence-electron chi connectivity index (χ4n) is 0.710. The van der Waals surface area contributed by atoms with Gasteiger partial charge in [0.25, 0.3) is 0 Å². The predicted molar refractivity (Wildman–Crippen MR) is 53.2 cm³/mol. The Bertz CT molecular complexity index is 364. The number of rotatable bonds is 1. The van der Waals surface area contributed by atoms with Crippen molar-refractivity contribution < 1.29 is 14.4 Å². The van der Waals surface area contributed by atoms with E-state index in [1.807, 2.05) is 0 Å². The van der Waals surface area contributed by atoms with Gasteiger partial charge in [0.2, 0.25) is 0 Å². The molecule has 1 rings (SSSR count). The maximum atomic E-state index is 10.8. The molecule has 2 N–H and O–H groups in total. The molecule has 0 amide bonds. The largest absolute Gasteiger partial charge is 0.356 e. The summed E-state index contributed by atoms with van der Waals surface area (Å²) in [6, 6.07) is 2.19. The maximum Gasteiger partial charge on any atom is 0.356 e. The second-order valence-corrected chi connectivity index (χ2v) is 5.06. The van der Waals surface area contributed by atoms with E-state index < -0.39 is 7.60 Å². The van der Waals surface area contributed by atoms with Crippen molar-refractivity contribution in [1.82, 2.24) is 0 Å². The quantitative estimate of drug-likeness (QED) is 0.603. The fraction of sp³-hybridized carbons (Fsp3) is 0. The highest BCUT2D eigenvalue weighted by atomic mass is 35.5. The van der Waals surface area contributed by atoms with Gasteiger partial charge in [-0.05, 0) is 12.1 Å². The molecule has 1 aromatic carbocycles. The monoisotopic (exact) mass is 260 g/mol. The van der Waals surface area contributed by atoms with Gasteiger partial charge in [0.05, 0.1) is 20.4 Å². The first-order chi connectivity index (χ1) is 5.82. The Kier molecular flexibility index (Phi) is 3.29. The second-order valence-electron chi connectivity index (χ2n) is 2.27. The molecule has 0 bridgehead atoms. The molecular formula is C6H4Cl3O3P. The minimum atomic E-state index is -4.32. The van der Waals surface area contributed by atoms with E-state index in [2.05, 4.69) is 0 Å². The Morgan fingerprint density at radius 2 is 1.46 bits per heavy atom. The Morgan fingerprint density at radius 1 is 1.08 bits per heavy atom. The highest BCUT2D eigenvalue weighted by Crippen LogP contribution is 2.38. The van der Waals surface area contributed by atoms with E-state index in [-0.39, 0.29) is 20.4 Å². The molecule has 0 fully saturated rings. The maximum absolute atomic E-state index is 10.8. The first-order valence-corrected chi connectivity index (χ1v) is 5.77. The second kappa shape index (κ2) is 3.77. The number of hydrogen-bond donors (Lipinski definition) is 2. The first kappa shape index (κ1) is 11.3. The average molecular weight is 261 g/mol. The predicted octanol–water partition coefficient (Wildman–Crippen LogP) is 2.45. The molecule has 0 unspecified atom stereocenters. The third kappa shape index (κ3) is 2.59. The standard InChI is InChI=1S/C6H4Cl3O3P/c7-4-1-3(13(10,11)12)2-5(8)6(4)9/h1-2H,(H2,10,11,12). The molecule has 72 valence electrons. The summed E-state index contributed by atoms with van der Waals surface area (Å²) in [7, 11) is -4.32. The summed E-state index contributed by atoms with van der Waals surface area (Å²) < 4.78 is 10.8. The topological polar surface area (TPSA) is 57.5 Å². The van der Waals surface area contributed by atoms with E-state index in [1.54, 1.807) is 0 Å². The molecule has 0 saturated heterocycles. The molecule has 0 heterocycles. The van der Waals surface area contributed by atoms with Gasteiger partial charge in [-0.25, -0.2) is 0 Å². The van der Waals surface area contributed by atoms with Gasteiger partial charge in [0, 0.05) is 0 Å². The van der Waals surface area contributed by atoms with Crippen molar-refractivity contribution in [2.45, 2.75) is 0 Å². The zero-order valence-electron chi connectivity index (χ0n) is 6.04. The normalized spacial score (nSPS) is 11.8. The van der Waals surface area contributed by atoms with Gasteiger partial charge >= 0.3 is 7.60 Å². The van der Waals surface area contributed by atoms with Crippen LogP contribution in [-0.2, 0) is 4.57 Å². The Hall–Kier alpha value is 0.240. The number of halogens is 3. The van der Waals surface area contributed by atoms with Gasteiger partial charge in [0.1, 0.15) is 0 Å². The van der Waals surface area contributed by atoms with Crippen LogP contribution < -0.4 is 5.30 Å². The summed E-state index contributed by atoms with van der Waals surface area (Å²) in [6.45, 7) is 0. The van der Waals surface area contributed by atoms with E-state index in [0.29, 0.717) is 0 Å². The molecule has 3 nitrogen and oxygen atoms in total. The van der Waals surface area contributed by atoms with Crippen molar-refractivity contribution in [1.29, 1.82) is 0 Å². The number of benzene rings is 1. The zero-order valence-corrected chi connectivity index (χ0v) is 9.20. The SMILES string of the molecule is O=P(O)(O)c1cc(Cl)c(Cl)c(Cl)c1. The van der Waals surface area contributed by atoms with E-state index in [0.717, 1.165) is 12.1 Å². The van der Waals surface area contributed by atoms with Crippen LogP contribution in [0.15, 0.2) is 12.1 Å². The summed E-state index contributed by atoms with van der Waals surface area (Å²) in [5, 5.41) is -0.118. The fourth-order valence-corrected chi connectivity index (χ4v) is 2.05. The average Bonchev–Trinajstić information content (AvgIpc) is 1.97. The smallest absolute Gasteiger partial charge is 0.321 e. The molecule has 0 radical (unpaired) electrons. The molecule has 0 aliphatic carbocycles. The van der Waals surface area contributed by atoms with Crippen LogP contribution in [0.25, 0.3) is 0 Å². The van der Waals surface area contributed by atoms with Gasteiger partial charge in [-0.2, -0.15) is 0 Å². The minimum Gasteiger partial charge on any atom is -0.321 e. The van der Waals surface area contributed by atoms with Crippen LogP contribution in [0.1, 0.15) is 0 Å². The van der Waals surface area contributed by atoms with Crippen molar-refractivity contribution in [3.63, 3.8) is 0 Å². The highest BCUT2D eigenvalue weighted by Gasteiger charge is 2.19. The van der Waals surface area contributed by atoms with Crippen molar-refractivity contribution in [3.8, 4) is 0 Å². The molecule has 7 heteroatoms. The van der Waals surface area contributed by atoms with Crippen LogP contribution in [0.5, 0.6) is 0 Å². The molecule has 0 saturated carbocycles. The first-order valence-electron chi connectivity index (χ1n) is 3.03. The highest BCUT2D eigenvalue weighted by molar-refractivity contribution is 7.60. The third-order valence-corrected chi connectivity index (χ3v) is 3.43. The molecule has 13 heavy (non-hydrogen) atoms. The van der Waals surface area contributed by atoms with Gasteiger partial charge < -0.3 is 9.79 Å². The Morgan fingerprint density at radius 3 is 1.77 bits per heavy atom. The third-order valence-electron chi connectivity index (χ3n) is 1.30. The van der Waals surface area contributed by atoms with Crippen LogP contribution >= 0.6 is 42.4 Å². The lowest BCUT2D eigenvalue weighted by molar-refractivity contribution is 0.387. The molecule has 0 atom stereocenters. The number of hydrogen-bond acceptors (Lipinski definition) is 1. The van der Waals surface area contributed by atoms with E-state index in [1.165, 1.54) is 0 Å². The lowest BCUT2D eigenvalue weighted by Crippen LogP contribution is -2.03. The molecule has 0 aliphatic rings. The van der Waals surface area contributed by atoms with Gasteiger partial charge in [-0.1, -0.05) is 34.8 Å². The van der Waals surface area contributed by atoms with Crippen LogP contribution in [0.2, 0.25) is 15.1 Å². The molecule has 1 aromatic rings. The minimum absolute atomic E-state index is 0.0208. The molecule has 0 aliphatic heterocycles. The van der Waals surface area contributed by atoms with Crippen molar-refractivity contribution in [3.05, 3.63) is 27.2 Å². The molecule has 0 aromatic heterocycles.